The van der Waals surface area contributed by atoms with Crippen molar-refractivity contribution >= 4 is 23.6 Å². The zero-order valence-corrected chi connectivity index (χ0v) is 15.3. The van der Waals surface area contributed by atoms with Gasteiger partial charge in [0.25, 0.3) is 0 Å². The van der Waals surface area contributed by atoms with Crippen LogP contribution < -0.4 is 0 Å². The summed E-state index contributed by atoms with van der Waals surface area (Å²) in [6, 6.07) is 10.7. The summed E-state index contributed by atoms with van der Waals surface area (Å²) < 4.78 is 17.5. The van der Waals surface area contributed by atoms with E-state index in [-0.39, 0.29) is 5.82 Å². The Morgan fingerprint density at radius 3 is 2.67 bits per heavy atom. The molecule has 1 aromatic carbocycles. The van der Waals surface area contributed by atoms with Crippen LogP contribution in [0.15, 0.2) is 41.8 Å². The van der Waals surface area contributed by atoms with E-state index in [9.17, 15) is 4.39 Å². The minimum Gasteiger partial charge on any atom is -0.307 e. The summed E-state index contributed by atoms with van der Waals surface area (Å²) in [4.78, 5) is 3.37. The molecule has 24 heavy (non-hydrogen) atoms. The fourth-order valence-electron chi connectivity index (χ4n) is 2.53. The van der Waals surface area contributed by atoms with E-state index >= 15 is 0 Å². The molecule has 2 aromatic heterocycles. The van der Waals surface area contributed by atoms with E-state index in [4.69, 9.17) is 12.2 Å². The van der Waals surface area contributed by atoms with Crippen LogP contribution in [0.1, 0.15) is 16.3 Å². The summed E-state index contributed by atoms with van der Waals surface area (Å²) in [6.45, 7) is 1.30. The topological polar surface area (TPSA) is 26.0 Å². The Balaban J connectivity index is 1.70. The zero-order valence-electron chi connectivity index (χ0n) is 13.6. The predicted molar refractivity (Wildman–Crippen MR) is 97.0 cm³/mol. The van der Waals surface area contributed by atoms with Crippen molar-refractivity contribution in [1.29, 1.82) is 0 Å². The molecule has 3 aromatic rings. The Morgan fingerprint density at radius 1 is 1.25 bits per heavy atom. The van der Waals surface area contributed by atoms with Gasteiger partial charge in [-0.2, -0.15) is 5.10 Å². The molecule has 0 radical (unpaired) electrons. The molecule has 0 saturated carbocycles. The van der Waals surface area contributed by atoms with Gasteiger partial charge in [-0.15, -0.1) is 11.3 Å². The van der Waals surface area contributed by atoms with Gasteiger partial charge < -0.3 is 4.57 Å². The lowest BCUT2D eigenvalue weighted by atomic mass is 10.2. The molecular weight excluding hydrogens is 343 g/mol. The Morgan fingerprint density at radius 2 is 2.00 bits per heavy atom. The van der Waals surface area contributed by atoms with Crippen LogP contribution in [0.5, 0.6) is 0 Å². The van der Waals surface area contributed by atoms with Crippen LogP contribution in [-0.2, 0) is 26.7 Å². The molecule has 4 nitrogen and oxygen atoms in total. The highest BCUT2D eigenvalue weighted by atomic mass is 32.1. The summed E-state index contributed by atoms with van der Waals surface area (Å²) in [5.74, 6) is 0.740. The van der Waals surface area contributed by atoms with Gasteiger partial charge in [0.05, 0.1) is 6.67 Å². The van der Waals surface area contributed by atoms with Crippen LogP contribution in [0.4, 0.5) is 4.39 Å². The molecule has 0 unspecified atom stereocenters. The SMILES string of the molecule is CN(Cc1ccc(F)cc1)Cn1nc(Cc2cccs2)n(C)c1=S. The van der Waals surface area contributed by atoms with E-state index in [0.717, 1.165) is 17.8 Å². The van der Waals surface area contributed by atoms with Gasteiger partial charge in [0.1, 0.15) is 11.6 Å². The Labute approximate surface area is 149 Å². The second-order valence-electron chi connectivity index (χ2n) is 5.80. The second-order valence-corrected chi connectivity index (χ2v) is 7.19. The fraction of sp³-hybridized carbons (Fsp3) is 0.294. The van der Waals surface area contributed by atoms with Gasteiger partial charge in [-0.25, -0.2) is 9.07 Å². The highest BCUT2D eigenvalue weighted by Crippen LogP contribution is 2.14. The third-order valence-corrected chi connectivity index (χ3v) is 5.15. The average molecular weight is 362 g/mol. The van der Waals surface area contributed by atoms with Crippen molar-refractivity contribution in [2.45, 2.75) is 19.6 Å². The summed E-state index contributed by atoms with van der Waals surface area (Å²) >= 11 is 7.22. The molecule has 126 valence electrons. The highest BCUT2D eigenvalue weighted by molar-refractivity contribution is 7.71. The number of nitrogens with zero attached hydrogens (tertiary/aromatic N) is 4. The Bertz CT molecular complexity index is 850. The average Bonchev–Trinajstić information content (AvgIpc) is 3.15. The second kappa shape index (κ2) is 7.38. The maximum atomic E-state index is 13.0. The van der Waals surface area contributed by atoms with E-state index < -0.39 is 0 Å². The maximum Gasteiger partial charge on any atom is 0.198 e. The Hall–Kier alpha value is -1.83. The number of thiophene rings is 1. The molecule has 0 fully saturated rings. The van der Waals surface area contributed by atoms with E-state index in [1.807, 2.05) is 29.4 Å². The van der Waals surface area contributed by atoms with Crippen molar-refractivity contribution in [2.75, 3.05) is 7.05 Å². The Kier molecular flexibility index (Phi) is 5.23. The van der Waals surface area contributed by atoms with Crippen molar-refractivity contribution in [3.8, 4) is 0 Å². The van der Waals surface area contributed by atoms with Crippen LogP contribution in [0.3, 0.4) is 0 Å². The summed E-state index contributed by atoms with van der Waals surface area (Å²) in [5.41, 5.74) is 1.06. The normalized spacial score (nSPS) is 11.3. The molecule has 0 saturated heterocycles. The zero-order chi connectivity index (χ0) is 17.1. The highest BCUT2D eigenvalue weighted by Gasteiger charge is 2.11. The lowest BCUT2D eigenvalue weighted by molar-refractivity contribution is 0.243. The molecule has 0 spiro atoms. The first-order valence-corrected chi connectivity index (χ1v) is 8.90. The van der Waals surface area contributed by atoms with Crippen LogP contribution in [0, 0.1) is 10.6 Å². The molecule has 0 aliphatic heterocycles. The fourth-order valence-corrected chi connectivity index (χ4v) is 3.43. The molecule has 3 rings (SSSR count). The lowest BCUT2D eigenvalue weighted by Crippen LogP contribution is -2.22. The van der Waals surface area contributed by atoms with Crippen molar-refractivity contribution in [1.82, 2.24) is 19.2 Å². The standard InChI is InChI=1S/C17H19FN4S2/c1-20(11-13-5-7-14(18)8-6-13)12-22-17(23)21(2)16(19-22)10-15-4-3-9-24-15/h3-9H,10-12H2,1-2H3. The number of benzene rings is 1. The molecule has 0 aliphatic rings. The summed E-state index contributed by atoms with van der Waals surface area (Å²) in [5, 5.41) is 6.73. The molecular formula is C17H19FN4S2. The number of hydrogen-bond donors (Lipinski definition) is 0. The number of rotatable bonds is 6. The molecule has 0 bridgehead atoms. The van der Waals surface area contributed by atoms with Crippen LogP contribution in [-0.4, -0.2) is 26.3 Å². The third kappa shape index (κ3) is 3.98. The van der Waals surface area contributed by atoms with Crippen molar-refractivity contribution in [3.63, 3.8) is 0 Å². The van der Waals surface area contributed by atoms with Gasteiger partial charge in [-0.3, -0.25) is 4.90 Å². The van der Waals surface area contributed by atoms with Gasteiger partial charge in [0.15, 0.2) is 4.77 Å². The smallest absolute Gasteiger partial charge is 0.198 e. The molecule has 7 heteroatoms. The monoisotopic (exact) mass is 362 g/mol. The van der Waals surface area contributed by atoms with E-state index in [2.05, 4.69) is 21.4 Å². The largest absolute Gasteiger partial charge is 0.307 e. The van der Waals surface area contributed by atoms with Crippen LogP contribution >= 0.6 is 23.6 Å². The van der Waals surface area contributed by atoms with Crippen molar-refractivity contribution in [2.24, 2.45) is 7.05 Å². The van der Waals surface area contributed by atoms with Gasteiger partial charge in [0.2, 0.25) is 0 Å². The van der Waals surface area contributed by atoms with Crippen LogP contribution in [0.25, 0.3) is 0 Å². The van der Waals surface area contributed by atoms with Crippen LogP contribution in [0.2, 0.25) is 0 Å². The van der Waals surface area contributed by atoms with Gasteiger partial charge >= 0.3 is 0 Å². The first-order chi connectivity index (χ1) is 11.5. The van der Waals surface area contributed by atoms with Crippen molar-refractivity contribution in [3.05, 3.63) is 68.6 Å². The van der Waals surface area contributed by atoms with E-state index in [0.29, 0.717) is 18.0 Å². The summed E-state index contributed by atoms with van der Waals surface area (Å²) in [7, 11) is 3.95. The maximum absolute atomic E-state index is 13.0. The predicted octanol–water partition coefficient (Wildman–Crippen LogP) is 3.83. The van der Waals surface area contributed by atoms with E-state index in [1.165, 1.54) is 17.0 Å². The number of hydrogen-bond acceptors (Lipinski definition) is 4. The summed E-state index contributed by atoms with van der Waals surface area (Å²) in [6.07, 6.45) is 0.784. The molecule has 0 atom stereocenters. The minimum absolute atomic E-state index is 0.216. The minimum atomic E-state index is -0.216. The quantitative estimate of drug-likeness (QED) is 0.623. The first-order valence-electron chi connectivity index (χ1n) is 7.61. The molecule has 0 aliphatic carbocycles. The molecule has 0 N–H and O–H groups in total. The first kappa shape index (κ1) is 17.0. The van der Waals surface area contributed by atoms with Gasteiger partial charge in [-0.1, -0.05) is 18.2 Å². The number of aromatic nitrogens is 3. The lowest BCUT2D eigenvalue weighted by Gasteiger charge is -2.16. The van der Waals surface area contributed by atoms with E-state index in [1.54, 1.807) is 23.5 Å². The molecule has 2 heterocycles. The van der Waals surface area contributed by atoms with Gasteiger partial charge in [0, 0.05) is 24.9 Å². The number of halogens is 1. The molecule has 0 amide bonds. The van der Waals surface area contributed by atoms with Gasteiger partial charge in [-0.05, 0) is 48.4 Å². The van der Waals surface area contributed by atoms with Crippen molar-refractivity contribution < 1.29 is 4.39 Å². The third-order valence-electron chi connectivity index (χ3n) is 3.78.